The van der Waals surface area contributed by atoms with Gasteiger partial charge < -0.3 is 0 Å². The van der Waals surface area contributed by atoms with E-state index in [4.69, 9.17) is 0 Å². The summed E-state index contributed by atoms with van der Waals surface area (Å²) in [7, 11) is 0. The van der Waals surface area contributed by atoms with E-state index in [0.29, 0.717) is 0 Å². The predicted octanol–water partition coefficient (Wildman–Crippen LogP) is 1.60. The molecule has 0 bridgehead atoms. The molecule has 0 spiro atoms. The third-order valence-electron chi connectivity index (χ3n) is 2.82. The molecule has 7 nitrogen and oxygen atoms in total. The SMILES string of the molecule is CCCc1[nH]nc(-c2cnccn2)c1-c1cn[nH]n1. The van der Waals surface area contributed by atoms with Crippen LogP contribution in [0.2, 0.25) is 0 Å². The van der Waals surface area contributed by atoms with E-state index in [9.17, 15) is 0 Å². The maximum Gasteiger partial charge on any atom is 0.122 e. The van der Waals surface area contributed by atoms with Crippen LogP contribution in [0.4, 0.5) is 0 Å². The van der Waals surface area contributed by atoms with Crippen LogP contribution < -0.4 is 0 Å². The van der Waals surface area contributed by atoms with Gasteiger partial charge in [0.25, 0.3) is 0 Å². The van der Waals surface area contributed by atoms with Gasteiger partial charge in [-0.15, -0.1) is 0 Å². The number of rotatable bonds is 4. The van der Waals surface area contributed by atoms with Gasteiger partial charge >= 0.3 is 0 Å². The Morgan fingerprint density at radius 1 is 1.11 bits per heavy atom. The molecule has 0 aliphatic rings. The molecule has 0 aliphatic carbocycles. The molecule has 0 radical (unpaired) electrons. The highest BCUT2D eigenvalue weighted by Crippen LogP contribution is 2.30. The van der Waals surface area contributed by atoms with Crippen molar-refractivity contribution in [1.82, 2.24) is 35.6 Å². The van der Waals surface area contributed by atoms with Gasteiger partial charge in [-0.25, -0.2) is 0 Å². The van der Waals surface area contributed by atoms with Crippen molar-refractivity contribution in [3.05, 3.63) is 30.5 Å². The first-order valence-corrected chi connectivity index (χ1v) is 6.10. The quantitative estimate of drug-likeness (QED) is 0.738. The van der Waals surface area contributed by atoms with Gasteiger partial charge in [0.05, 0.1) is 18.0 Å². The summed E-state index contributed by atoms with van der Waals surface area (Å²) in [4.78, 5) is 8.37. The summed E-state index contributed by atoms with van der Waals surface area (Å²) < 4.78 is 0. The van der Waals surface area contributed by atoms with Gasteiger partial charge in [0.2, 0.25) is 0 Å². The number of H-pyrrole nitrogens is 2. The van der Waals surface area contributed by atoms with Crippen LogP contribution in [0.3, 0.4) is 0 Å². The van der Waals surface area contributed by atoms with Gasteiger partial charge in [-0.1, -0.05) is 13.3 Å². The minimum Gasteiger partial charge on any atom is -0.281 e. The Balaban J connectivity index is 2.15. The van der Waals surface area contributed by atoms with Crippen LogP contribution in [-0.4, -0.2) is 35.6 Å². The van der Waals surface area contributed by atoms with Crippen molar-refractivity contribution in [1.29, 1.82) is 0 Å². The number of aromatic amines is 2. The fraction of sp³-hybridized carbons (Fsp3) is 0.250. The molecular weight excluding hydrogens is 242 g/mol. The number of nitrogens with zero attached hydrogens (tertiary/aromatic N) is 5. The number of hydrogen-bond donors (Lipinski definition) is 2. The van der Waals surface area contributed by atoms with Gasteiger partial charge in [-0.2, -0.15) is 20.5 Å². The number of hydrogen-bond acceptors (Lipinski definition) is 5. The van der Waals surface area contributed by atoms with Gasteiger partial charge in [-0.3, -0.25) is 15.1 Å². The van der Waals surface area contributed by atoms with Crippen molar-refractivity contribution in [2.24, 2.45) is 0 Å². The Morgan fingerprint density at radius 3 is 2.74 bits per heavy atom. The lowest BCUT2D eigenvalue weighted by Gasteiger charge is -2.01. The molecule has 0 saturated carbocycles. The number of nitrogens with one attached hydrogen (secondary N) is 2. The minimum atomic E-state index is 0.721. The summed E-state index contributed by atoms with van der Waals surface area (Å²) in [5.41, 5.74) is 4.22. The summed E-state index contributed by atoms with van der Waals surface area (Å²) in [5.74, 6) is 0. The molecule has 7 heteroatoms. The van der Waals surface area contributed by atoms with Gasteiger partial charge in [-0.05, 0) is 6.42 Å². The average molecular weight is 255 g/mol. The standard InChI is InChI=1S/C12H13N7/c1-2-3-8-11(9-7-15-19-17-9)12(18-16-8)10-6-13-4-5-14-10/h4-7H,2-3H2,1H3,(H,16,18)(H,15,17,19). The molecule has 0 aliphatic heterocycles. The van der Waals surface area contributed by atoms with Crippen molar-refractivity contribution in [3.63, 3.8) is 0 Å². The van der Waals surface area contributed by atoms with Crippen LogP contribution in [0, 0.1) is 0 Å². The average Bonchev–Trinajstić information content (AvgIpc) is 3.08. The lowest BCUT2D eigenvalue weighted by Crippen LogP contribution is -1.90. The molecule has 0 amide bonds. The van der Waals surface area contributed by atoms with Crippen LogP contribution in [0.15, 0.2) is 24.8 Å². The number of aryl methyl sites for hydroxylation is 1. The van der Waals surface area contributed by atoms with E-state index in [1.54, 1.807) is 24.8 Å². The third kappa shape index (κ3) is 2.10. The molecule has 0 atom stereocenters. The highest BCUT2D eigenvalue weighted by Gasteiger charge is 2.19. The first kappa shape index (κ1) is 11.5. The van der Waals surface area contributed by atoms with Crippen LogP contribution in [-0.2, 0) is 6.42 Å². The molecule has 2 N–H and O–H groups in total. The van der Waals surface area contributed by atoms with Crippen LogP contribution in [0.25, 0.3) is 22.6 Å². The number of aromatic nitrogens is 7. The summed E-state index contributed by atoms with van der Waals surface area (Å²) in [5, 5.41) is 18.0. The Hall–Kier alpha value is -2.57. The van der Waals surface area contributed by atoms with Crippen LogP contribution in [0.5, 0.6) is 0 Å². The van der Waals surface area contributed by atoms with E-state index in [2.05, 4.69) is 42.5 Å². The van der Waals surface area contributed by atoms with Crippen molar-refractivity contribution >= 4 is 0 Å². The first-order valence-electron chi connectivity index (χ1n) is 6.10. The van der Waals surface area contributed by atoms with E-state index in [1.807, 2.05) is 0 Å². The molecule has 19 heavy (non-hydrogen) atoms. The Morgan fingerprint density at radius 2 is 2.05 bits per heavy atom. The van der Waals surface area contributed by atoms with Crippen molar-refractivity contribution in [3.8, 4) is 22.6 Å². The van der Waals surface area contributed by atoms with Crippen molar-refractivity contribution in [2.45, 2.75) is 19.8 Å². The van der Waals surface area contributed by atoms with Crippen LogP contribution >= 0.6 is 0 Å². The summed E-state index contributed by atoms with van der Waals surface area (Å²) in [6, 6.07) is 0. The van der Waals surface area contributed by atoms with Gasteiger partial charge in [0.15, 0.2) is 0 Å². The Bertz CT molecular complexity index is 642. The van der Waals surface area contributed by atoms with Crippen molar-refractivity contribution < 1.29 is 0 Å². The molecule has 3 aromatic rings. The second-order valence-electron chi connectivity index (χ2n) is 4.12. The second-order valence-corrected chi connectivity index (χ2v) is 4.12. The minimum absolute atomic E-state index is 0.721. The van der Waals surface area contributed by atoms with E-state index in [1.165, 1.54) is 0 Å². The zero-order valence-corrected chi connectivity index (χ0v) is 10.5. The second kappa shape index (κ2) is 4.97. The molecule has 3 aromatic heterocycles. The lowest BCUT2D eigenvalue weighted by atomic mass is 10.1. The van der Waals surface area contributed by atoms with Gasteiger partial charge in [0, 0.05) is 18.1 Å². The summed E-state index contributed by atoms with van der Waals surface area (Å²) >= 11 is 0. The van der Waals surface area contributed by atoms with E-state index < -0.39 is 0 Å². The molecule has 0 aromatic carbocycles. The Labute approximate surface area is 109 Å². The van der Waals surface area contributed by atoms with Crippen LogP contribution in [0.1, 0.15) is 19.0 Å². The molecule has 3 heterocycles. The molecule has 3 rings (SSSR count). The maximum atomic E-state index is 4.35. The zero-order valence-electron chi connectivity index (χ0n) is 10.5. The fourth-order valence-corrected chi connectivity index (χ4v) is 2.01. The monoisotopic (exact) mass is 255 g/mol. The van der Waals surface area contributed by atoms with E-state index in [0.717, 1.165) is 41.2 Å². The zero-order chi connectivity index (χ0) is 13.1. The molecule has 0 unspecified atom stereocenters. The van der Waals surface area contributed by atoms with Crippen molar-refractivity contribution in [2.75, 3.05) is 0 Å². The normalized spacial score (nSPS) is 10.8. The first-order chi connectivity index (χ1) is 9.40. The highest BCUT2D eigenvalue weighted by atomic mass is 15.3. The van der Waals surface area contributed by atoms with E-state index >= 15 is 0 Å². The lowest BCUT2D eigenvalue weighted by molar-refractivity contribution is 0.867. The summed E-state index contributed by atoms with van der Waals surface area (Å²) in [6.07, 6.45) is 8.58. The largest absolute Gasteiger partial charge is 0.281 e. The fourth-order valence-electron chi connectivity index (χ4n) is 2.01. The molecule has 0 fully saturated rings. The maximum absolute atomic E-state index is 4.35. The van der Waals surface area contributed by atoms with E-state index in [-0.39, 0.29) is 0 Å². The topological polar surface area (TPSA) is 96.0 Å². The molecular formula is C12H13N7. The molecule has 96 valence electrons. The predicted molar refractivity (Wildman–Crippen MR) is 69.0 cm³/mol. The highest BCUT2D eigenvalue weighted by molar-refractivity contribution is 5.78. The van der Waals surface area contributed by atoms with Gasteiger partial charge in [0.1, 0.15) is 17.1 Å². The summed E-state index contributed by atoms with van der Waals surface area (Å²) in [6.45, 7) is 2.12. The Kier molecular flexibility index (Phi) is 3.01. The smallest absolute Gasteiger partial charge is 0.122 e. The molecule has 0 saturated heterocycles. The third-order valence-corrected chi connectivity index (χ3v) is 2.82.